The van der Waals surface area contributed by atoms with E-state index in [1.807, 2.05) is 0 Å². The molecule has 0 heterocycles. The van der Waals surface area contributed by atoms with Gasteiger partial charge in [-0.3, -0.25) is 14.5 Å². The monoisotopic (exact) mass is 183 g/mol. The average Bonchev–Trinajstić information content (AvgIpc) is 1.58. The van der Waals surface area contributed by atoms with Gasteiger partial charge in [-0.2, -0.15) is 0 Å². The Morgan fingerprint density at radius 3 is 1.70 bits per heavy atom. The summed E-state index contributed by atoms with van der Waals surface area (Å²) < 4.78 is 0. The summed E-state index contributed by atoms with van der Waals surface area (Å²) in [4.78, 5) is 21.8. The van der Waals surface area contributed by atoms with Gasteiger partial charge in [0.2, 0.25) is 10.5 Å². The Morgan fingerprint density at radius 1 is 1.20 bits per heavy atom. The van der Waals surface area contributed by atoms with Crippen molar-refractivity contribution >= 4 is 33.7 Å². The largest absolute Gasteiger partial charge is 0.290 e. The van der Waals surface area contributed by atoms with Crippen LogP contribution in [0.25, 0.3) is 0 Å². The van der Waals surface area contributed by atoms with Crippen molar-refractivity contribution < 1.29 is 9.59 Å². The van der Waals surface area contributed by atoms with Crippen LogP contribution in [0, 0.1) is 0 Å². The van der Waals surface area contributed by atoms with E-state index in [2.05, 4.69) is 0 Å². The molecular formula is C5H7Cl2NO2. The molecule has 0 atom stereocenters. The fourth-order valence-corrected chi connectivity index (χ4v) is 0.888. The molecule has 0 spiro atoms. The summed E-state index contributed by atoms with van der Waals surface area (Å²) >= 11 is 10.0. The van der Waals surface area contributed by atoms with Crippen LogP contribution >= 0.6 is 23.2 Å². The maximum Gasteiger partial charge on any atom is 0.235 e. The molecule has 0 saturated carbocycles. The van der Waals surface area contributed by atoms with Crippen molar-refractivity contribution in [3.8, 4) is 0 Å². The lowest BCUT2D eigenvalue weighted by atomic mass is 10.5. The van der Waals surface area contributed by atoms with Crippen molar-refractivity contribution in [2.75, 3.05) is 20.1 Å². The maximum atomic E-state index is 10.2. The van der Waals surface area contributed by atoms with Gasteiger partial charge < -0.3 is 0 Å². The third-order valence-electron chi connectivity index (χ3n) is 0.788. The molecule has 0 N–H and O–H groups in total. The summed E-state index contributed by atoms with van der Waals surface area (Å²) in [6.07, 6.45) is 0. The van der Waals surface area contributed by atoms with E-state index in [9.17, 15) is 9.59 Å². The molecule has 10 heavy (non-hydrogen) atoms. The van der Waals surface area contributed by atoms with Gasteiger partial charge in [-0.25, -0.2) is 0 Å². The van der Waals surface area contributed by atoms with Crippen molar-refractivity contribution in [2.24, 2.45) is 0 Å². The van der Waals surface area contributed by atoms with E-state index in [1.54, 1.807) is 7.05 Å². The van der Waals surface area contributed by atoms with Crippen LogP contribution in [0.15, 0.2) is 0 Å². The topological polar surface area (TPSA) is 37.4 Å². The number of hydrogen-bond acceptors (Lipinski definition) is 3. The zero-order valence-electron chi connectivity index (χ0n) is 5.43. The van der Waals surface area contributed by atoms with Crippen LogP contribution in [0.5, 0.6) is 0 Å². The van der Waals surface area contributed by atoms with Crippen LogP contribution in [0.2, 0.25) is 0 Å². The van der Waals surface area contributed by atoms with Gasteiger partial charge in [0, 0.05) is 0 Å². The molecule has 0 aromatic rings. The molecule has 0 aliphatic heterocycles. The van der Waals surface area contributed by atoms with Gasteiger partial charge in [-0.15, -0.1) is 0 Å². The zero-order chi connectivity index (χ0) is 8.15. The Balaban J connectivity index is 3.53. The molecule has 0 radical (unpaired) electrons. The molecular weight excluding hydrogens is 177 g/mol. The molecule has 0 aliphatic rings. The number of carbonyl (C=O) groups is 2. The SMILES string of the molecule is CN(CC(=O)Cl)CC(=O)Cl. The molecule has 5 heteroatoms. The first-order valence-electron chi connectivity index (χ1n) is 2.57. The second-order valence-corrected chi connectivity index (χ2v) is 2.73. The third kappa shape index (κ3) is 6.01. The van der Waals surface area contributed by atoms with Crippen LogP contribution in [-0.2, 0) is 9.59 Å². The summed E-state index contributed by atoms with van der Waals surface area (Å²) in [5.41, 5.74) is 0. The minimum atomic E-state index is -0.500. The van der Waals surface area contributed by atoms with Gasteiger partial charge >= 0.3 is 0 Å². The normalized spacial score (nSPS) is 10.0. The predicted octanol–water partition coefficient (Wildman–Crippen LogP) is 0.449. The van der Waals surface area contributed by atoms with E-state index in [-0.39, 0.29) is 13.1 Å². The molecule has 0 fully saturated rings. The molecule has 0 aromatic carbocycles. The molecule has 0 amide bonds. The van der Waals surface area contributed by atoms with E-state index in [0.29, 0.717) is 0 Å². The highest BCUT2D eigenvalue weighted by atomic mass is 35.5. The number of rotatable bonds is 4. The van der Waals surface area contributed by atoms with Gasteiger partial charge in [0.25, 0.3) is 0 Å². The van der Waals surface area contributed by atoms with E-state index in [0.717, 1.165) is 0 Å². The molecule has 0 bridgehead atoms. The first kappa shape index (κ1) is 9.88. The number of likely N-dealkylation sites (N-methyl/N-ethyl adjacent to an activating group) is 1. The highest BCUT2D eigenvalue weighted by Crippen LogP contribution is 1.89. The first-order valence-corrected chi connectivity index (χ1v) is 3.33. The lowest BCUT2D eigenvalue weighted by Gasteiger charge is -2.09. The Kier molecular flexibility index (Phi) is 4.60. The molecule has 0 aromatic heterocycles. The Bertz CT molecular complexity index is 133. The number of hydrogen-bond donors (Lipinski definition) is 0. The van der Waals surface area contributed by atoms with E-state index < -0.39 is 10.5 Å². The number of halogens is 2. The van der Waals surface area contributed by atoms with Crippen molar-refractivity contribution in [2.45, 2.75) is 0 Å². The number of nitrogens with zero attached hydrogens (tertiary/aromatic N) is 1. The second-order valence-electron chi connectivity index (χ2n) is 1.88. The highest BCUT2D eigenvalue weighted by Gasteiger charge is 2.05. The summed E-state index contributed by atoms with van der Waals surface area (Å²) in [5, 5.41) is -0.999. The van der Waals surface area contributed by atoms with Crippen LogP contribution in [-0.4, -0.2) is 35.5 Å². The summed E-state index contributed by atoms with van der Waals surface area (Å²) in [7, 11) is 1.58. The smallest absolute Gasteiger partial charge is 0.235 e. The third-order valence-corrected chi connectivity index (χ3v) is 1.03. The average molecular weight is 184 g/mol. The van der Waals surface area contributed by atoms with Crippen molar-refractivity contribution in [3.05, 3.63) is 0 Å². The lowest BCUT2D eigenvalue weighted by Crippen LogP contribution is -2.27. The van der Waals surface area contributed by atoms with Crippen molar-refractivity contribution in [3.63, 3.8) is 0 Å². The second kappa shape index (κ2) is 4.66. The van der Waals surface area contributed by atoms with E-state index in [1.165, 1.54) is 4.90 Å². The van der Waals surface area contributed by atoms with Gasteiger partial charge in [0.1, 0.15) is 0 Å². The molecule has 0 saturated heterocycles. The number of carbonyl (C=O) groups excluding carboxylic acids is 2. The standard InChI is InChI=1S/C5H7Cl2NO2/c1-8(2-4(6)9)3-5(7)10/h2-3H2,1H3. The molecule has 0 aliphatic carbocycles. The predicted molar refractivity (Wildman–Crippen MR) is 39.2 cm³/mol. The Labute approximate surface area is 68.9 Å². The lowest BCUT2D eigenvalue weighted by molar-refractivity contribution is -0.114. The highest BCUT2D eigenvalue weighted by molar-refractivity contribution is 6.64. The fourth-order valence-electron chi connectivity index (χ4n) is 0.480. The van der Waals surface area contributed by atoms with Crippen LogP contribution < -0.4 is 0 Å². The summed E-state index contributed by atoms with van der Waals surface area (Å²) in [6, 6.07) is 0. The Morgan fingerprint density at radius 2 is 1.50 bits per heavy atom. The van der Waals surface area contributed by atoms with Crippen molar-refractivity contribution in [1.29, 1.82) is 0 Å². The molecule has 58 valence electrons. The van der Waals surface area contributed by atoms with Gasteiger partial charge in [0.05, 0.1) is 13.1 Å². The zero-order valence-corrected chi connectivity index (χ0v) is 6.95. The minimum absolute atomic E-state index is 0.0417. The van der Waals surface area contributed by atoms with Crippen LogP contribution in [0.3, 0.4) is 0 Å². The van der Waals surface area contributed by atoms with E-state index >= 15 is 0 Å². The summed E-state index contributed by atoms with van der Waals surface area (Å²) in [6.45, 7) is 0.0834. The van der Waals surface area contributed by atoms with Crippen molar-refractivity contribution in [1.82, 2.24) is 4.90 Å². The quantitative estimate of drug-likeness (QED) is 0.595. The molecule has 0 unspecified atom stereocenters. The van der Waals surface area contributed by atoms with Gasteiger partial charge in [-0.05, 0) is 30.2 Å². The first-order chi connectivity index (χ1) is 4.52. The van der Waals surface area contributed by atoms with Crippen LogP contribution in [0.4, 0.5) is 0 Å². The maximum absolute atomic E-state index is 10.2. The van der Waals surface area contributed by atoms with Gasteiger partial charge in [0.15, 0.2) is 0 Å². The molecule has 0 rings (SSSR count). The molecule has 3 nitrogen and oxygen atoms in total. The van der Waals surface area contributed by atoms with Crippen LogP contribution in [0.1, 0.15) is 0 Å². The van der Waals surface area contributed by atoms with Gasteiger partial charge in [-0.1, -0.05) is 0 Å². The summed E-state index contributed by atoms with van der Waals surface area (Å²) in [5.74, 6) is 0. The fraction of sp³-hybridized carbons (Fsp3) is 0.600. The van der Waals surface area contributed by atoms with E-state index in [4.69, 9.17) is 23.2 Å². The Hall–Kier alpha value is -0.120. The minimum Gasteiger partial charge on any atom is -0.290 e.